The summed E-state index contributed by atoms with van der Waals surface area (Å²) < 4.78 is 4.88. The van der Waals surface area contributed by atoms with Crippen molar-refractivity contribution in [2.75, 3.05) is 33.4 Å². The number of rotatable bonds is 4. The zero-order valence-electron chi connectivity index (χ0n) is 9.06. The first-order valence-electron chi connectivity index (χ1n) is 5.17. The van der Waals surface area contributed by atoms with E-state index in [1.54, 1.807) is 7.11 Å². The van der Waals surface area contributed by atoms with Crippen LogP contribution in [-0.4, -0.2) is 39.3 Å². The molecule has 0 bridgehead atoms. The summed E-state index contributed by atoms with van der Waals surface area (Å²) in [6.07, 6.45) is 2.05. The van der Waals surface area contributed by atoms with Gasteiger partial charge in [-0.1, -0.05) is 0 Å². The van der Waals surface area contributed by atoms with Gasteiger partial charge in [-0.05, 0) is 26.3 Å². The van der Waals surface area contributed by atoms with Crippen molar-refractivity contribution in [3.8, 4) is 0 Å². The minimum atomic E-state index is -0.230. The average molecular weight is 200 g/mol. The fourth-order valence-corrected chi connectivity index (χ4v) is 1.73. The molecule has 0 aliphatic carbocycles. The van der Waals surface area contributed by atoms with E-state index in [4.69, 9.17) is 4.74 Å². The molecule has 1 rings (SSSR count). The standard InChI is InChI=1S/C10H20N2O2/c1-10(4-3-5-11-8-10)9(13)12-6-7-14-2/h11H,3-8H2,1-2H3,(H,12,13). The number of ether oxygens (including phenoxy) is 1. The quantitative estimate of drug-likeness (QED) is 0.635. The third-order valence-electron chi connectivity index (χ3n) is 2.74. The van der Waals surface area contributed by atoms with Crippen molar-refractivity contribution in [2.24, 2.45) is 5.41 Å². The van der Waals surface area contributed by atoms with Crippen LogP contribution in [0, 0.1) is 5.41 Å². The highest BCUT2D eigenvalue weighted by molar-refractivity contribution is 5.82. The van der Waals surface area contributed by atoms with Crippen molar-refractivity contribution in [1.29, 1.82) is 0 Å². The number of nitrogens with one attached hydrogen (secondary N) is 2. The first-order chi connectivity index (χ1) is 6.69. The van der Waals surface area contributed by atoms with Gasteiger partial charge in [0.05, 0.1) is 12.0 Å². The predicted molar refractivity (Wildman–Crippen MR) is 55.1 cm³/mol. The molecule has 82 valence electrons. The van der Waals surface area contributed by atoms with Crippen molar-refractivity contribution in [2.45, 2.75) is 19.8 Å². The Morgan fingerprint density at radius 2 is 2.43 bits per heavy atom. The van der Waals surface area contributed by atoms with Crippen LogP contribution >= 0.6 is 0 Å². The summed E-state index contributed by atoms with van der Waals surface area (Å²) in [5, 5.41) is 6.14. The molecule has 0 saturated carbocycles. The Bertz CT molecular complexity index is 189. The van der Waals surface area contributed by atoms with Gasteiger partial charge in [-0.15, -0.1) is 0 Å². The fraction of sp³-hybridized carbons (Fsp3) is 0.900. The lowest BCUT2D eigenvalue weighted by Gasteiger charge is -2.32. The Hall–Kier alpha value is -0.610. The Balaban J connectivity index is 2.33. The van der Waals surface area contributed by atoms with Crippen molar-refractivity contribution >= 4 is 5.91 Å². The summed E-state index contributed by atoms with van der Waals surface area (Å²) in [4.78, 5) is 11.8. The third-order valence-corrected chi connectivity index (χ3v) is 2.74. The SMILES string of the molecule is COCCNC(=O)C1(C)CCCNC1. The molecule has 14 heavy (non-hydrogen) atoms. The highest BCUT2D eigenvalue weighted by atomic mass is 16.5. The van der Waals surface area contributed by atoms with Crippen LogP contribution in [0.4, 0.5) is 0 Å². The van der Waals surface area contributed by atoms with Gasteiger partial charge in [-0.2, -0.15) is 0 Å². The minimum absolute atomic E-state index is 0.141. The highest BCUT2D eigenvalue weighted by Gasteiger charge is 2.34. The van der Waals surface area contributed by atoms with E-state index in [0.717, 1.165) is 25.9 Å². The van der Waals surface area contributed by atoms with E-state index < -0.39 is 0 Å². The molecule has 0 spiro atoms. The highest BCUT2D eigenvalue weighted by Crippen LogP contribution is 2.25. The molecule has 0 aromatic carbocycles. The molecular formula is C10H20N2O2. The topological polar surface area (TPSA) is 50.4 Å². The summed E-state index contributed by atoms with van der Waals surface area (Å²) >= 11 is 0. The summed E-state index contributed by atoms with van der Waals surface area (Å²) in [5.74, 6) is 0.141. The van der Waals surface area contributed by atoms with Crippen LogP contribution in [-0.2, 0) is 9.53 Å². The van der Waals surface area contributed by atoms with Crippen LogP contribution in [0.5, 0.6) is 0 Å². The molecule has 1 unspecified atom stereocenters. The maximum atomic E-state index is 11.8. The summed E-state index contributed by atoms with van der Waals surface area (Å²) in [7, 11) is 1.63. The number of amides is 1. The van der Waals surface area contributed by atoms with E-state index in [1.165, 1.54) is 0 Å². The number of piperidine rings is 1. The maximum absolute atomic E-state index is 11.8. The van der Waals surface area contributed by atoms with E-state index in [2.05, 4.69) is 10.6 Å². The molecule has 4 heteroatoms. The van der Waals surface area contributed by atoms with Gasteiger partial charge in [-0.3, -0.25) is 4.79 Å². The summed E-state index contributed by atoms with van der Waals surface area (Å²) in [5.41, 5.74) is -0.230. The van der Waals surface area contributed by atoms with E-state index in [0.29, 0.717) is 13.2 Å². The molecule has 0 radical (unpaired) electrons. The molecule has 1 heterocycles. The zero-order chi connectivity index (χ0) is 10.4. The molecular weight excluding hydrogens is 180 g/mol. The maximum Gasteiger partial charge on any atom is 0.227 e. The van der Waals surface area contributed by atoms with Gasteiger partial charge in [0.25, 0.3) is 0 Å². The molecule has 0 aromatic rings. The van der Waals surface area contributed by atoms with Crippen molar-refractivity contribution in [3.63, 3.8) is 0 Å². The monoisotopic (exact) mass is 200 g/mol. The van der Waals surface area contributed by atoms with Gasteiger partial charge in [0.2, 0.25) is 5.91 Å². The van der Waals surface area contributed by atoms with Crippen LogP contribution in [0.3, 0.4) is 0 Å². The van der Waals surface area contributed by atoms with Gasteiger partial charge < -0.3 is 15.4 Å². The lowest BCUT2D eigenvalue weighted by molar-refractivity contribution is -0.131. The lowest BCUT2D eigenvalue weighted by atomic mass is 9.82. The van der Waals surface area contributed by atoms with Gasteiger partial charge in [-0.25, -0.2) is 0 Å². The van der Waals surface area contributed by atoms with Gasteiger partial charge in [0, 0.05) is 20.2 Å². The predicted octanol–water partition coefficient (Wildman–Crippen LogP) is 0.139. The molecule has 1 aliphatic heterocycles. The molecule has 1 saturated heterocycles. The molecule has 0 aromatic heterocycles. The third kappa shape index (κ3) is 2.96. The molecule has 1 aliphatic rings. The number of hydrogen-bond donors (Lipinski definition) is 2. The average Bonchev–Trinajstić information content (AvgIpc) is 2.19. The van der Waals surface area contributed by atoms with Crippen molar-refractivity contribution in [3.05, 3.63) is 0 Å². The molecule has 1 amide bonds. The zero-order valence-corrected chi connectivity index (χ0v) is 9.06. The van der Waals surface area contributed by atoms with Crippen LogP contribution in [0.15, 0.2) is 0 Å². The first kappa shape index (κ1) is 11.5. The number of carbonyl (C=O) groups is 1. The van der Waals surface area contributed by atoms with Crippen LogP contribution in [0.1, 0.15) is 19.8 Å². The second kappa shape index (κ2) is 5.32. The van der Waals surface area contributed by atoms with Gasteiger partial charge >= 0.3 is 0 Å². The van der Waals surface area contributed by atoms with Gasteiger partial charge in [0.1, 0.15) is 0 Å². The van der Waals surface area contributed by atoms with Gasteiger partial charge in [0.15, 0.2) is 0 Å². The fourth-order valence-electron chi connectivity index (χ4n) is 1.73. The van der Waals surface area contributed by atoms with Crippen molar-refractivity contribution in [1.82, 2.24) is 10.6 Å². The van der Waals surface area contributed by atoms with Crippen LogP contribution < -0.4 is 10.6 Å². The Morgan fingerprint density at radius 3 is 3.00 bits per heavy atom. The molecule has 2 N–H and O–H groups in total. The number of methoxy groups -OCH3 is 1. The Labute approximate surface area is 85.4 Å². The smallest absolute Gasteiger partial charge is 0.227 e. The molecule has 1 fully saturated rings. The normalized spacial score (nSPS) is 27.3. The van der Waals surface area contributed by atoms with Crippen molar-refractivity contribution < 1.29 is 9.53 Å². The van der Waals surface area contributed by atoms with E-state index in [1.807, 2.05) is 6.92 Å². The number of carbonyl (C=O) groups excluding carboxylic acids is 1. The van der Waals surface area contributed by atoms with Crippen LogP contribution in [0.2, 0.25) is 0 Å². The van der Waals surface area contributed by atoms with E-state index in [-0.39, 0.29) is 11.3 Å². The summed E-state index contributed by atoms with van der Waals surface area (Å²) in [6.45, 7) is 5.01. The second-order valence-electron chi connectivity index (χ2n) is 4.09. The Kier molecular flexibility index (Phi) is 4.35. The molecule has 4 nitrogen and oxygen atoms in total. The minimum Gasteiger partial charge on any atom is -0.383 e. The summed E-state index contributed by atoms with van der Waals surface area (Å²) in [6, 6.07) is 0. The largest absolute Gasteiger partial charge is 0.383 e. The van der Waals surface area contributed by atoms with E-state index in [9.17, 15) is 4.79 Å². The second-order valence-corrected chi connectivity index (χ2v) is 4.09. The number of hydrogen-bond acceptors (Lipinski definition) is 3. The molecule has 1 atom stereocenters. The lowest BCUT2D eigenvalue weighted by Crippen LogP contribution is -2.49. The first-order valence-corrected chi connectivity index (χ1v) is 5.17. The van der Waals surface area contributed by atoms with Crippen LogP contribution in [0.25, 0.3) is 0 Å². The Morgan fingerprint density at radius 1 is 1.64 bits per heavy atom. The van der Waals surface area contributed by atoms with E-state index >= 15 is 0 Å².